The summed E-state index contributed by atoms with van der Waals surface area (Å²) in [6.07, 6.45) is 0. The Morgan fingerprint density at radius 2 is 2.00 bits per heavy atom. The molecule has 0 radical (unpaired) electrons. The molecule has 2 aromatic rings. The Labute approximate surface area is 123 Å². The van der Waals surface area contributed by atoms with E-state index in [9.17, 15) is 10.1 Å². The molecule has 0 spiro atoms. The van der Waals surface area contributed by atoms with Crippen LogP contribution in [0.3, 0.4) is 0 Å². The molecule has 0 fully saturated rings. The van der Waals surface area contributed by atoms with E-state index in [0.29, 0.717) is 5.56 Å². The number of anilines is 1. The van der Waals surface area contributed by atoms with E-state index in [0.717, 1.165) is 22.6 Å². The number of rotatable bonds is 4. The van der Waals surface area contributed by atoms with Crippen LogP contribution in [0.1, 0.15) is 35.5 Å². The fourth-order valence-electron chi connectivity index (χ4n) is 2.37. The molecule has 1 unspecified atom stereocenters. The highest BCUT2D eigenvalue weighted by atomic mass is 16.6. The third-order valence-corrected chi connectivity index (χ3v) is 3.80. The summed E-state index contributed by atoms with van der Waals surface area (Å²) in [4.78, 5) is 10.7. The van der Waals surface area contributed by atoms with Gasteiger partial charge in [0.25, 0.3) is 5.69 Å². The smallest absolute Gasteiger partial charge is 0.272 e. The molecule has 0 bridgehead atoms. The molecule has 0 aliphatic rings. The van der Waals surface area contributed by atoms with Gasteiger partial charge in [-0.3, -0.25) is 14.8 Å². The van der Waals surface area contributed by atoms with Gasteiger partial charge >= 0.3 is 0 Å². The maximum Gasteiger partial charge on any atom is 0.272 e. The highest BCUT2D eigenvalue weighted by Gasteiger charge is 2.17. The quantitative estimate of drug-likeness (QED) is 0.691. The molecule has 0 aliphatic heterocycles. The van der Waals surface area contributed by atoms with Gasteiger partial charge in [0.15, 0.2) is 0 Å². The van der Waals surface area contributed by atoms with Crippen LogP contribution >= 0.6 is 0 Å². The van der Waals surface area contributed by atoms with E-state index in [-0.39, 0.29) is 16.7 Å². The van der Waals surface area contributed by atoms with Gasteiger partial charge < -0.3 is 5.32 Å². The molecule has 0 saturated heterocycles. The van der Waals surface area contributed by atoms with Crippen LogP contribution in [0.25, 0.3) is 0 Å². The van der Waals surface area contributed by atoms with Crippen LogP contribution in [0.15, 0.2) is 18.2 Å². The lowest BCUT2D eigenvalue weighted by Gasteiger charge is -2.16. The Morgan fingerprint density at radius 3 is 2.52 bits per heavy atom. The average Bonchev–Trinajstić information content (AvgIpc) is 2.65. The van der Waals surface area contributed by atoms with Gasteiger partial charge in [-0.05, 0) is 33.3 Å². The normalized spacial score (nSPS) is 12.2. The molecule has 1 aromatic carbocycles. The van der Waals surface area contributed by atoms with Gasteiger partial charge in [0, 0.05) is 24.7 Å². The van der Waals surface area contributed by atoms with Gasteiger partial charge in [-0.1, -0.05) is 12.1 Å². The first kappa shape index (κ1) is 15.0. The fraction of sp³-hybridized carbons (Fsp3) is 0.400. The second-order valence-corrected chi connectivity index (χ2v) is 5.34. The first-order chi connectivity index (χ1) is 9.81. The van der Waals surface area contributed by atoms with Crippen molar-refractivity contribution < 1.29 is 4.92 Å². The van der Waals surface area contributed by atoms with Crippen LogP contribution in [-0.4, -0.2) is 14.7 Å². The topological polar surface area (TPSA) is 73.0 Å². The summed E-state index contributed by atoms with van der Waals surface area (Å²) in [6, 6.07) is 5.30. The first-order valence-corrected chi connectivity index (χ1v) is 6.83. The Balaban J connectivity index is 2.30. The third-order valence-electron chi connectivity index (χ3n) is 3.80. The molecule has 2 rings (SSSR count). The summed E-state index contributed by atoms with van der Waals surface area (Å²) in [5.41, 5.74) is 4.65. The number of nitro groups is 1. The second-order valence-electron chi connectivity index (χ2n) is 5.34. The van der Waals surface area contributed by atoms with Crippen molar-refractivity contribution in [2.45, 2.75) is 33.7 Å². The zero-order chi connectivity index (χ0) is 15.7. The number of nitrogens with one attached hydrogen (secondary N) is 1. The largest absolute Gasteiger partial charge is 0.376 e. The number of nitro benzene ring substituents is 1. The van der Waals surface area contributed by atoms with E-state index in [1.165, 1.54) is 0 Å². The Kier molecular flexibility index (Phi) is 3.97. The molecule has 112 valence electrons. The molecule has 6 heteroatoms. The van der Waals surface area contributed by atoms with Crippen LogP contribution < -0.4 is 5.32 Å². The molecule has 1 aromatic heterocycles. The average molecular weight is 288 g/mol. The van der Waals surface area contributed by atoms with E-state index in [1.54, 1.807) is 19.1 Å². The molecule has 0 saturated carbocycles. The van der Waals surface area contributed by atoms with E-state index < -0.39 is 0 Å². The number of hydrogen-bond donors (Lipinski definition) is 1. The minimum Gasteiger partial charge on any atom is -0.376 e. The minimum atomic E-state index is -0.341. The maximum absolute atomic E-state index is 11.0. The number of aryl methyl sites for hydroxylation is 3. The van der Waals surface area contributed by atoms with Gasteiger partial charge in [0.1, 0.15) is 0 Å². The fourth-order valence-corrected chi connectivity index (χ4v) is 2.37. The van der Waals surface area contributed by atoms with E-state index in [2.05, 4.69) is 10.4 Å². The van der Waals surface area contributed by atoms with Crippen LogP contribution in [0.2, 0.25) is 0 Å². The monoisotopic (exact) mass is 288 g/mol. The zero-order valence-electron chi connectivity index (χ0n) is 13.0. The van der Waals surface area contributed by atoms with Gasteiger partial charge in [-0.15, -0.1) is 0 Å². The van der Waals surface area contributed by atoms with Crippen molar-refractivity contribution in [3.05, 3.63) is 50.8 Å². The zero-order valence-corrected chi connectivity index (χ0v) is 13.0. The Morgan fingerprint density at radius 1 is 1.33 bits per heavy atom. The molecule has 6 nitrogen and oxygen atoms in total. The molecule has 0 aliphatic carbocycles. The van der Waals surface area contributed by atoms with E-state index in [4.69, 9.17) is 0 Å². The molecule has 1 heterocycles. The summed E-state index contributed by atoms with van der Waals surface area (Å²) in [6.45, 7) is 7.67. The Bertz CT molecular complexity index is 691. The predicted molar refractivity (Wildman–Crippen MR) is 82.6 cm³/mol. The van der Waals surface area contributed by atoms with Crippen molar-refractivity contribution in [3.63, 3.8) is 0 Å². The van der Waals surface area contributed by atoms with Gasteiger partial charge in [0.2, 0.25) is 0 Å². The molecule has 1 N–H and O–H groups in total. The summed E-state index contributed by atoms with van der Waals surface area (Å²) < 4.78 is 1.82. The lowest BCUT2D eigenvalue weighted by atomic mass is 10.0. The maximum atomic E-state index is 11.0. The summed E-state index contributed by atoms with van der Waals surface area (Å²) in [7, 11) is 1.90. The summed E-state index contributed by atoms with van der Waals surface area (Å²) >= 11 is 0. The van der Waals surface area contributed by atoms with E-state index >= 15 is 0 Å². The predicted octanol–water partition coefficient (Wildman–Crippen LogP) is 3.43. The minimum absolute atomic E-state index is 0.0362. The second kappa shape index (κ2) is 5.55. The van der Waals surface area contributed by atoms with Crippen molar-refractivity contribution in [1.82, 2.24) is 9.78 Å². The van der Waals surface area contributed by atoms with Crippen molar-refractivity contribution in [2.75, 3.05) is 5.32 Å². The van der Waals surface area contributed by atoms with Crippen molar-refractivity contribution >= 4 is 11.4 Å². The molecular weight excluding hydrogens is 268 g/mol. The lowest BCUT2D eigenvalue weighted by molar-refractivity contribution is -0.385. The standard InChI is InChI=1S/C15H20N4O2/c1-9-6-7-13(8-14(9)19(20)21)10(2)16-15-11(3)17-18(5)12(15)4/h6-8,10,16H,1-5H3. The summed E-state index contributed by atoms with van der Waals surface area (Å²) in [5.74, 6) is 0. The van der Waals surface area contributed by atoms with Crippen LogP contribution in [-0.2, 0) is 7.05 Å². The van der Waals surface area contributed by atoms with Crippen LogP contribution in [0, 0.1) is 30.9 Å². The number of hydrogen-bond acceptors (Lipinski definition) is 4. The van der Waals surface area contributed by atoms with E-state index in [1.807, 2.05) is 38.6 Å². The SMILES string of the molecule is Cc1ccc(C(C)Nc2c(C)nn(C)c2C)cc1[N+](=O)[O-]. The summed E-state index contributed by atoms with van der Waals surface area (Å²) in [5, 5.41) is 18.8. The van der Waals surface area contributed by atoms with Crippen molar-refractivity contribution in [1.29, 1.82) is 0 Å². The first-order valence-electron chi connectivity index (χ1n) is 6.83. The molecule has 1 atom stereocenters. The molecule has 0 amide bonds. The molecule has 21 heavy (non-hydrogen) atoms. The number of benzene rings is 1. The highest BCUT2D eigenvalue weighted by molar-refractivity contribution is 5.54. The van der Waals surface area contributed by atoms with Crippen molar-refractivity contribution in [2.24, 2.45) is 7.05 Å². The lowest BCUT2D eigenvalue weighted by Crippen LogP contribution is -2.09. The van der Waals surface area contributed by atoms with Crippen molar-refractivity contribution in [3.8, 4) is 0 Å². The highest BCUT2D eigenvalue weighted by Crippen LogP contribution is 2.28. The third kappa shape index (κ3) is 2.89. The van der Waals surface area contributed by atoms with Gasteiger partial charge in [0.05, 0.1) is 22.0 Å². The van der Waals surface area contributed by atoms with Gasteiger partial charge in [-0.25, -0.2) is 0 Å². The Hall–Kier alpha value is -2.37. The molecular formula is C15H20N4O2. The van der Waals surface area contributed by atoms with Crippen LogP contribution in [0.4, 0.5) is 11.4 Å². The van der Waals surface area contributed by atoms with Crippen LogP contribution in [0.5, 0.6) is 0 Å². The number of aromatic nitrogens is 2. The number of nitrogens with zero attached hydrogens (tertiary/aromatic N) is 3. The van der Waals surface area contributed by atoms with Gasteiger partial charge in [-0.2, -0.15) is 5.10 Å².